The van der Waals surface area contributed by atoms with E-state index in [9.17, 15) is 0 Å². The Kier molecular flexibility index (Phi) is 4.98. The van der Waals surface area contributed by atoms with Crippen LogP contribution in [0.4, 0.5) is 11.4 Å². The first-order chi connectivity index (χ1) is 10.7. The molecule has 22 heavy (non-hydrogen) atoms. The third-order valence-corrected chi connectivity index (χ3v) is 4.36. The zero-order chi connectivity index (χ0) is 15.4. The van der Waals surface area contributed by atoms with Crippen molar-refractivity contribution in [3.05, 3.63) is 58.1 Å². The van der Waals surface area contributed by atoms with E-state index in [1.54, 1.807) is 12.3 Å². The Morgan fingerprint density at radius 1 is 1.00 bits per heavy atom. The summed E-state index contributed by atoms with van der Waals surface area (Å²) in [5.74, 6) is 0. The highest BCUT2D eigenvalue weighted by atomic mass is 35.5. The molecule has 3 nitrogen and oxygen atoms in total. The van der Waals surface area contributed by atoms with Crippen molar-refractivity contribution in [2.24, 2.45) is 4.99 Å². The van der Waals surface area contributed by atoms with Gasteiger partial charge in [-0.2, -0.15) is 0 Å². The fraction of sp³-hybridized carbons (Fsp3) is 0.235. The van der Waals surface area contributed by atoms with Gasteiger partial charge in [0.25, 0.3) is 0 Å². The van der Waals surface area contributed by atoms with Crippen LogP contribution in [-0.4, -0.2) is 32.5 Å². The summed E-state index contributed by atoms with van der Waals surface area (Å²) in [5, 5.41) is 0.990. The first-order valence-corrected chi connectivity index (χ1v) is 7.90. The molecule has 2 aromatic rings. The number of anilines is 1. The smallest absolute Gasteiger partial charge is 0.0848 e. The normalized spacial score (nSPS) is 15.5. The highest BCUT2D eigenvalue weighted by Crippen LogP contribution is 2.31. The van der Waals surface area contributed by atoms with Crippen LogP contribution in [0.25, 0.3) is 0 Å². The van der Waals surface area contributed by atoms with Gasteiger partial charge in [-0.05, 0) is 29.8 Å². The average Bonchev–Trinajstić information content (AvgIpc) is 2.57. The van der Waals surface area contributed by atoms with Crippen LogP contribution in [0.2, 0.25) is 10.0 Å². The quantitative estimate of drug-likeness (QED) is 0.767. The van der Waals surface area contributed by atoms with Gasteiger partial charge in [0.2, 0.25) is 0 Å². The van der Waals surface area contributed by atoms with Gasteiger partial charge in [-0.3, -0.25) is 4.99 Å². The second-order valence-corrected chi connectivity index (χ2v) is 5.81. The molecule has 0 N–H and O–H groups in total. The maximum absolute atomic E-state index is 6.12. The number of hydrogen-bond acceptors (Lipinski definition) is 3. The summed E-state index contributed by atoms with van der Waals surface area (Å²) in [6.07, 6.45) is 1.79. The number of nitrogens with zero attached hydrogens (tertiary/aromatic N) is 2. The van der Waals surface area contributed by atoms with E-state index in [1.807, 2.05) is 24.3 Å². The standard InChI is InChI=1S/C17H16Cl2N2O/c18-15-2-1-3-16(17(15)19)20-12-13-4-6-14(7-5-13)21-8-10-22-11-9-21/h1-7,12H,8-11H2. The van der Waals surface area contributed by atoms with Crippen molar-refractivity contribution >= 4 is 40.8 Å². The van der Waals surface area contributed by atoms with Crippen molar-refractivity contribution in [3.63, 3.8) is 0 Å². The van der Waals surface area contributed by atoms with Crippen LogP contribution in [0.3, 0.4) is 0 Å². The summed E-state index contributed by atoms with van der Waals surface area (Å²) < 4.78 is 5.37. The molecule has 2 aromatic carbocycles. The lowest BCUT2D eigenvalue weighted by Crippen LogP contribution is -2.36. The highest BCUT2D eigenvalue weighted by Gasteiger charge is 2.10. The summed E-state index contributed by atoms with van der Waals surface area (Å²) in [6, 6.07) is 13.7. The number of halogens is 2. The summed E-state index contributed by atoms with van der Waals surface area (Å²) in [7, 11) is 0. The maximum atomic E-state index is 6.12. The predicted octanol–water partition coefficient (Wildman–Crippen LogP) is 4.58. The SMILES string of the molecule is Clc1cccc(N=Cc2ccc(N3CCOCC3)cc2)c1Cl. The van der Waals surface area contributed by atoms with Gasteiger partial charge in [-0.15, -0.1) is 0 Å². The topological polar surface area (TPSA) is 24.8 Å². The molecule has 0 saturated carbocycles. The summed E-state index contributed by atoms with van der Waals surface area (Å²) in [5.41, 5.74) is 2.90. The lowest BCUT2D eigenvalue weighted by molar-refractivity contribution is 0.122. The Morgan fingerprint density at radius 3 is 2.45 bits per heavy atom. The van der Waals surface area contributed by atoms with Gasteiger partial charge in [0.05, 0.1) is 28.9 Å². The molecule has 5 heteroatoms. The van der Waals surface area contributed by atoms with Gasteiger partial charge in [0, 0.05) is 25.0 Å². The Balaban J connectivity index is 1.73. The highest BCUT2D eigenvalue weighted by molar-refractivity contribution is 6.43. The second kappa shape index (κ2) is 7.14. The number of benzene rings is 2. The Hall–Kier alpha value is -1.55. The molecule has 1 aliphatic heterocycles. The van der Waals surface area contributed by atoms with Crippen molar-refractivity contribution < 1.29 is 4.74 Å². The molecule has 0 spiro atoms. The maximum Gasteiger partial charge on any atom is 0.0848 e. The van der Waals surface area contributed by atoms with Crippen molar-refractivity contribution in [1.82, 2.24) is 0 Å². The molecule has 3 rings (SSSR count). The van der Waals surface area contributed by atoms with E-state index in [-0.39, 0.29) is 0 Å². The summed E-state index contributed by atoms with van der Waals surface area (Å²) in [6.45, 7) is 3.45. The van der Waals surface area contributed by atoms with Crippen molar-refractivity contribution in [2.75, 3.05) is 31.2 Å². The molecule has 114 valence electrons. The number of morpholine rings is 1. The zero-order valence-corrected chi connectivity index (χ0v) is 13.5. The molecule has 1 aliphatic rings. The van der Waals surface area contributed by atoms with E-state index in [2.05, 4.69) is 22.0 Å². The molecule has 0 unspecified atom stereocenters. The Bertz CT molecular complexity index is 665. The van der Waals surface area contributed by atoms with Gasteiger partial charge >= 0.3 is 0 Å². The van der Waals surface area contributed by atoms with Gasteiger partial charge in [0.15, 0.2) is 0 Å². The predicted molar refractivity (Wildman–Crippen MR) is 93.2 cm³/mol. The largest absolute Gasteiger partial charge is 0.378 e. The van der Waals surface area contributed by atoms with Gasteiger partial charge in [-0.25, -0.2) is 0 Å². The van der Waals surface area contributed by atoms with Crippen LogP contribution in [-0.2, 0) is 4.74 Å². The average molecular weight is 335 g/mol. The van der Waals surface area contributed by atoms with E-state index in [4.69, 9.17) is 27.9 Å². The van der Waals surface area contributed by atoms with E-state index < -0.39 is 0 Å². The summed E-state index contributed by atoms with van der Waals surface area (Å²) >= 11 is 12.1. The minimum absolute atomic E-state index is 0.477. The molecule has 1 fully saturated rings. The Labute approximate surface area is 140 Å². The van der Waals surface area contributed by atoms with Crippen LogP contribution in [0.1, 0.15) is 5.56 Å². The number of rotatable bonds is 3. The molecule has 0 bridgehead atoms. The molecule has 0 aromatic heterocycles. The fourth-order valence-electron chi connectivity index (χ4n) is 2.33. The molecule has 1 heterocycles. The second-order valence-electron chi connectivity index (χ2n) is 5.02. The van der Waals surface area contributed by atoms with Gasteiger partial charge < -0.3 is 9.64 Å². The van der Waals surface area contributed by atoms with Crippen molar-refractivity contribution in [2.45, 2.75) is 0 Å². The lowest BCUT2D eigenvalue weighted by atomic mass is 10.2. The minimum atomic E-state index is 0.477. The van der Waals surface area contributed by atoms with E-state index in [0.29, 0.717) is 15.7 Å². The molecule has 0 aliphatic carbocycles. The molecule has 0 atom stereocenters. The molecular weight excluding hydrogens is 319 g/mol. The number of hydrogen-bond donors (Lipinski definition) is 0. The first-order valence-electron chi connectivity index (χ1n) is 7.15. The van der Waals surface area contributed by atoms with E-state index in [0.717, 1.165) is 31.9 Å². The number of ether oxygens (including phenoxy) is 1. The van der Waals surface area contributed by atoms with E-state index in [1.165, 1.54) is 5.69 Å². The van der Waals surface area contributed by atoms with Crippen LogP contribution in [0.5, 0.6) is 0 Å². The third kappa shape index (κ3) is 3.61. The van der Waals surface area contributed by atoms with E-state index >= 15 is 0 Å². The van der Waals surface area contributed by atoms with Crippen molar-refractivity contribution in [3.8, 4) is 0 Å². The zero-order valence-electron chi connectivity index (χ0n) is 12.0. The van der Waals surface area contributed by atoms with Gasteiger partial charge in [-0.1, -0.05) is 41.4 Å². The monoisotopic (exact) mass is 334 g/mol. The van der Waals surface area contributed by atoms with Crippen LogP contribution in [0.15, 0.2) is 47.5 Å². The molecular formula is C17H16Cl2N2O. The minimum Gasteiger partial charge on any atom is -0.378 e. The lowest BCUT2D eigenvalue weighted by Gasteiger charge is -2.28. The Morgan fingerprint density at radius 2 is 1.73 bits per heavy atom. The van der Waals surface area contributed by atoms with Crippen LogP contribution >= 0.6 is 23.2 Å². The number of aliphatic imine (C=N–C) groups is 1. The van der Waals surface area contributed by atoms with Crippen LogP contribution in [0, 0.1) is 0 Å². The third-order valence-electron chi connectivity index (χ3n) is 3.55. The molecule has 0 amide bonds. The van der Waals surface area contributed by atoms with Crippen molar-refractivity contribution in [1.29, 1.82) is 0 Å². The fourth-order valence-corrected chi connectivity index (χ4v) is 2.67. The van der Waals surface area contributed by atoms with Gasteiger partial charge in [0.1, 0.15) is 0 Å². The molecule has 0 radical (unpaired) electrons. The van der Waals surface area contributed by atoms with Crippen LogP contribution < -0.4 is 4.90 Å². The molecule has 1 saturated heterocycles. The summed E-state index contributed by atoms with van der Waals surface area (Å²) in [4.78, 5) is 6.72. The first kappa shape index (κ1) is 15.3.